The summed E-state index contributed by atoms with van der Waals surface area (Å²) in [6.07, 6.45) is 3.75. The van der Waals surface area contributed by atoms with E-state index in [1.54, 1.807) is 36.3 Å². The molecule has 0 spiro atoms. The fourth-order valence-corrected chi connectivity index (χ4v) is 4.63. The van der Waals surface area contributed by atoms with Gasteiger partial charge in [0.15, 0.2) is 11.5 Å². The highest BCUT2D eigenvalue weighted by Gasteiger charge is 2.44. The molecule has 0 radical (unpaired) electrons. The molecule has 1 amide bonds. The number of morpholine rings is 1. The van der Waals surface area contributed by atoms with Crippen molar-refractivity contribution in [2.45, 2.75) is 12.5 Å². The van der Waals surface area contributed by atoms with Crippen molar-refractivity contribution < 1.29 is 28.9 Å². The lowest BCUT2D eigenvalue weighted by Crippen LogP contribution is -2.39. The average Bonchev–Trinajstić information content (AvgIpc) is 3.17. The summed E-state index contributed by atoms with van der Waals surface area (Å²) in [5.74, 6) is -0.471. The van der Waals surface area contributed by atoms with Crippen LogP contribution in [-0.4, -0.2) is 80.2 Å². The molecule has 36 heavy (non-hydrogen) atoms. The third-order valence-electron chi connectivity index (χ3n) is 6.50. The molecule has 0 bridgehead atoms. The first-order valence-electron chi connectivity index (χ1n) is 12.1. The van der Waals surface area contributed by atoms with E-state index in [0.29, 0.717) is 43.2 Å². The van der Waals surface area contributed by atoms with Crippen LogP contribution in [0, 0.1) is 0 Å². The van der Waals surface area contributed by atoms with E-state index in [2.05, 4.69) is 4.90 Å². The second-order valence-electron chi connectivity index (χ2n) is 8.69. The van der Waals surface area contributed by atoms with Gasteiger partial charge in [-0.25, -0.2) is 0 Å². The predicted octanol–water partition coefficient (Wildman–Crippen LogP) is 3.40. The van der Waals surface area contributed by atoms with E-state index in [4.69, 9.17) is 14.2 Å². The molecule has 8 heteroatoms. The number of aliphatic hydroxyl groups excluding tert-OH is 1. The van der Waals surface area contributed by atoms with Gasteiger partial charge in [-0.2, -0.15) is 0 Å². The monoisotopic (exact) mass is 492 g/mol. The van der Waals surface area contributed by atoms with Gasteiger partial charge < -0.3 is 24.2 Å². The van der Waals surface area contributed by atoms with Crippen molar-refractivity contribution in [3.8, 4) is 11.5 Å². The Morgan fingerprint density at radius 3 is 2.53 bits per heavy atom. The second kappa shape index (κ2) is 11.9. The Hall–Kier alpha value is -3.62. The molecule has 0 saturated carbocycles. The molecule has 2 aromatic rings. The molecule has 0 aliphatic carbocycles. The van der Waals surface area contributed by atoms with Gasteiger partial charge in [0.2, 0.25) is 0 Å². The number of nitrogens with zero attached hydrogens (tertiary/aromatic N) is 2. The minimum absolute atomic E-state index is 0.0325. The smallest absolute Gasteiger partial charge is 0.290 e. The van der Waals surface area contributed by atoms with Gasteiger partial charge in [0, 0.05) is 31.7 Å². The highest BCUT2D eigenvalue weighted by Crippen LogP contribution is 2.43. The molecule has 0 aromatic heterocycles. The maximum atomic E-state index is 13.4. The Balaban J connectivity index is 1.66. The molecule has 2 aromatic carbocycles. The minimum Gasteiger partial charge on any atom is -0.503 e. The van der Waals surface area contributed by atoms with Crippen molar-refractivity contribution in [3.05, 3.63) is 77.1 Å². The van der Waals surface area contributed by atoms with Crippen LogP contribution in [0.1, 0.15) is 23.6 Å². The number of amides is 1. The van der Waals surface area contributed by atoms with Crippen LogP contribution in [0.4, 0.5) is 0 Å². The van der Waals surface area contributed by atoms with Crippen LogP contribution in [0.15, 0.2) is 65.9 Å². The van der Waals surface area contributed by atoms with E-state index in [1.165, 1.54) is 13.2 Å². The summed E-state index contributed by atoms with van der Waals surface area (Å²) in [6.45, 7) is 4.23. The number of ether oxygens (including phenoxy) is 3. The van der Waals surface area contributed by atoms with Crippen LogP contribution >= 0.6 is 0 Å². The van der Waals surface area contributed by atoms with E-state index in [0.717, 1.165) is 25.2 Å². The lowest BCUT2D eigenvalue weighted by atomic mass is 9.94. The summed E-state index contributed by atoms with van der Waals surface area (Å²) in [7, 11) is 3.08. The van der Waals surface area contributed by atoms with Crippen LogP contribution in [0.3, 0.4) is 0 Å². The molecule has 2 aliphatic rings. The minimum atomic E-state index is -0.805. The zero-order chi connectivity index (χ0) is 25.5. The molecule has 190 valence electrons. The van der Waals surface area contributed by atoms with Gasteiger partial charge in [-0.3, -0.25) is 14.5 Å². The molecular formula is C28H32N2O6. The molecule has 1 N–H and O–H groups in total. The predicted molar refractivity (Wildman–Crippen MR) is 136 cm³/mol. The molecule has 1 atom stereocenters. The fraction of sp³-hybridized carbons (Fsp3) is 0.357. The Bertz CT molecular complexity index is 1140. The van der Waals surface area contributed by atoms with Crippen LogP contribution in [0.2, 0.25) is 0 Å². The van der Waals surface area contributed by atoms with Crippen molar-refractivity contribution in [1.82, 2.24) is 9.80 Å². The lowest BCUT2D eigenvalue weighted by molar-refractivity contribution is -0.129. The molecule has 8 nitrogen and oxygen atoms in total. The second-order valence-corrected chi connectivity index (χ2v) is 8.69. The van der Waals surface area contributed by atoms with Crippen molar-refractivity contribution in [3.63, 3.8) is 0 Å². The number of carbonyl (C=O) groups excluding carboxylic acids is 2. The van der Waals surface area contributed by atoms with E-state index in [1.807, 2.05) is 30.3 Å². The number of benzene rings is 2. The van der Waals surface area contributed by atoms with Crippen molar-refractivity contribution in [2.24, 2.45) is 0 Å². The standard InChI is InChI=1S/C28H32N2O6/c1-34-21-10-12-24(35-2)22(19-21)26-25(23(31)11-9-20-7-4-3-5-8-20)27(32)28(33)30(26)14-6-13-29-15-17-36-18-16-29/h3-5,7-12,19,26,32H,6,13-18H2,1-2H3/b11-9-/t26-/m0/s1. The van der Waals surface area contributed by atoms with Gasteiger partial charge in [-0.05, 0) is 36.3 Å². The Labute approximate surface area is 211 Å². The van der Waals surface area contributed by atoms with E-state index < -0.39 is 23.5 Å². The molecular weight excluding hydrogens is 460 g/mol. The third-order valence-corrected chi connectivity index (χ3v) is 6.50. The number of hydrogen-bond acceptors (Lipinski definition) is 7. The van der Waals surface area contributed by atoms with E-state index in [9.17, 15) is 14.7 Å². The van der Waals surface area contributed by atoms with Crippen LogP contribution in [-0.2, 0) is 14.3 Å². The quantitative estimate of drug-likeness (QED) is 0.509. The lowest BCUT2D eigenvalue weighted by Gasteiger charge is -2.30. The highest BCUT2D eigenvalue weighted by molar-refractivity contribution is 6.14. The normalized spacial score (nSPS) is 18.8. The Morgan fingerprint density at radius 2 is 1.83 bits per heavy atom. The first-order valence-corrected chi connectivity index (χ1v) is 12.1. The molecule has 2 heterocycles. The fourth-order valence-electron chi connectivity index (χ4n) is 4.63. The number of carbonyl (C=O) groups is 2. The summed E-state index contributed by atoms with van der Waals surface area (Å²) in [5, 5.41) is 10.9. The first kappa shape index (κ1) is 25.5. The third kappa shape index (κ3) is 5.61. The zero-order valence-corrected chi connectivity index (χ0v) is 20.7. The Kier molecular flexibility index (Phi) is 8.40. The SMILES string of the molecule is COc1ccc(OC)c([C@H]2C(C(=O)/C=C\c3ccccc3)=C(O)C(=O)N2CCCN2CCOCC2)c1. The number of rotatable bonds is 10. The van der Waals surface area contributed by atoms with Crippen LogP contribution in [0.5, 0.6) is 11.5 Å². The van der Waals surface area contributed by atoms with E-state index >= 15 is 0 Å². The number of allylic oxidation sites excluding steroid dienone is 1. The summed E-state index contributed by atoms with van der Waals surface area (Å²) in [4.78, 5) is 30.5. The number of aliphatic hydroxyl groups is 1. The van der Waals surface area contributed by atoms with Crippen LogP contribution in [0.25, 0.3) is 6.08 Å². The molecule has 2 aliphatic heterocycles. The zero-order valence-electron chi connectivity index (χ0n) is 20.7. The van der Waals surface area contributed by atoms with Gasteiger partial charge in [0.25, 0.3) is 5.91 Å². The van der Waals surface area contributed by atoms with Crippen LogP contribution < -0.4 is 9.47 Å². The highest BCUT2D eigenvalue weighted by atomic mass is 16.5. The molecule has 0 unspecified atom stereocenters. The summed E-state index contributed by atoms with van der Waals surface area (Å²) in [6, 6.07) is 13.8. The molecule has 1 fully saturated rings. The summed E-state index contributed by atoms with van der Waals surface area (Å²) >= 11 is 0. The largest absolute Gasteiger partial charge is 0.503 e. The van der Waals surface area contributed by atoms with Gasteiger partial charge in [-0.1, -0.05) is 36.4 Å². The maximum Gasteiger partial charge on any atom is 0.290 e. The van der Waals surface area contributed by atoms with Gasteiger partial charge in [-0.15, -0.1) is 0 Å². The summed E-state index contributed by atoms with van der Waals surface area (Å²) in [5.41, 5.74) is 1.45. The molecule has 4 rings (SSSR count). The maximum absolute atomic E-state index is 13.4. The average molecular weight is 493 g/mol. The van der Waals surface area contributed by atoms with Crippen molar-refractivity contribution in [2.75, 3.05) is 53.6 Å². The van der Waals surface area contributed by atoms with Gasteiger partial charge >= 0.3 is 0 Å². The summed E-state index contributed by atoms with van der Waals surface area (Å²) < 4.78 is 16.4. The van der Waals surface area contributed by atoms with Gasteiger partial charge in [0.1, 0.15) is 11.5 Å². The van der Waals surface area contributed by atoms with Gasteiger partial charge in [0.05, 0.1) is 39.0 Å². The number of hydrogen-bond donors (Lipinski definition) is 1. The van der Waals surface area contributed by atoms with Crippen molar-refractivity contribution >= 4 is 17.8 Å². The van der Waals surface area contributed by atoms with Crippen molar-refractivity contribution in [1.29, 1.82) is 0 Å². The number of methoxy groups -OCH3 is 2. The first-order chi connectivity index (χ1) is 17.5. The Morgan fingerprint density at radius 1 is 1.08 bits per heavy atom. The topological polar surface area (TPSA) is 88.5 Å². The van der Waals surface area contributed by atoms with E-state index in [-0.39, 0.29) is 5.57 Å². The number of ketones is 1. The molecule has 1 saturated heterocycles.